The van der Waals surface area contributed by atoms with Crippen LogP contribution in [0.2, 0.25) is 5.02 Å². The molecule has 2 aromatic heterocycles. The highest BCUT2D eigenvalue weighted by Crippen LogP contribution is 2.35. The SMILES string of the molecule is COc1ccc(-c2nc(NC(=O)c3cnn(-c4cccc(Cl)c4)c3C(F)(F)F)n[nH]2)c(OC)c1. The first-order chi connectivity index (χ1) is 16.2. The highest BCUT2D eigenvalue weighted by molar-refractivity contribution is 6.30. The van der Waals surface area contributed by atoms with Crippen molar-refractivity contribution >= 4 is 23.5 Å². The van der Waals surface area contributed by atoms with E-state index >= 15 is 0 Å². The molecule has 2 aromatic carbocycles. The number of nitrogens with zero attached hydrogens (tertiary/aromatic N) is 4. The number of benzene rings is 2. The molecule has 9 nitrogen and oxygen atoms in total. The van der Waals surface area contributed by atoms with Crippen LogP contribution in [0.25, 0.3) is 17.1 Å². The van der Waals surface area contributed by atoms with Crippen molar-refractivity contribution in [1.29, 1.82) is 0 Å². The number of anilines is 1. The molecule has 0 saturated carbocycles. The Kier molecular flexibility index (Phi) is 6.16. The molecule has 0 spiro atoms. The smallest absolute Gasteiger partial charge is 0.434 e. The van der Waals surface area contributed by atoms with E-state index in [9.17, 15) is 18.0 Å². The summed E-state index contributed by atoms with van der Waals surface area (Å²) >= 11 is 5.89. The topological polar surface area (TPSA) is 107 Å². The molecule has 176 valence electrons. The van der Waals surface area contributed by atoms with Gasteiger partial charge in [0.25, 0.3) is 5.91 Å². The van der Waals surface area contributed by atoms with Crippen LogP contribution in [0.4, 0.5) is 19.1 Å². The van der Waals surface area contributed by atoms with Gasteiger partial charge in [0.15, 0.2) is 11.5 Å². The van der Waals surface area contributed by atoms with E-state index in [1.807, 2.05) is 0 Å². The lowest BCUT2D eigenvalue weighted by Crippen LogP contribution is -2.21. The molecule has 13 heteroatoms. The van der Waals surface area contributed by atoms with E-state index in [4.69, 9.17) is 21.1 Å². The van der Waals surface area contributed by atoms with Crippen LogP contribution in [0.15, 0.2) is 48.7 Å². The van der Waals surface area contributed by atoms with E-state index in [1.165, 1.54) is 38.5 Å². The minimum absolute atomic E-state index is 0.0469. The van der Waals surface area contributed by atoms with Gasteiger partial charge in [0.05, 0.1) is 37.2 Å². The summed E-state index contributed by atoms with van der Waals surface area (Å²) in [6.45, 7) is 0. The molecule has 2 heterocycles. The van der Waals surface area contributed by atoms with Crippen molar-refractivity contribution in [3.8, 4) is 28.6 Å². The van der Waals surface area contributed by atoms with Crippen LogP contribution in [0, 0.1) is 0 Å². The number of hydrogen-bond donors (Lipinski definition) is 2. The maximum atomic E-state index is 13.9. The number of aromatic amines is 1. The Morgan fingerprint density at radius 3 is 2.62 bits per heavy atom. The first-order valence-electron chi connectivity index (χ1n) is 9.58. The number of ether oxygens (including phenoxy) is 2. The Morgan fingerprint density at radius 1 is 1.15 bits per heavy atom. The van der Waals surface area contributed by atoms with Crippen molar-refractivity contribution < 1.29 is 27.4 Å². The number of H-pyrrole nitrogens is 1. The molecule has 0 unspecified atom stereocenters. The number of amides is 1. The minimum atomic E-state index is -4.88. The van der Waals surface area contributed by atoms with Crippen LogP contribution in [0.3, 0.4) is 0 Å². The van der Waals surface area contributed by atoms with Crippen LogP contribution >= 0.6 is 11.6 Å². The number of alkyl halides is 3. The number of nitrogens with one attached hydrogen (secondary N) is 2. The predicted octanol–water partition coefficient (Wildman–Crippen LogP) is 4.60. The van der Waals surface area contributed by atoms with Gasteiger partial charge >= 0.3 is 6.18 Å². The highest BCUT2D eigenvalue weighted by atomic mass is 35.5. The minimum Gasteiger partial charge on any atom is -0.497 e. The number of hydrogen-bond acceptors (Lipinski definition) is 6. The summed E-state index contributed by atoms with van der Waals surface area (Å²) in [5.74, 6) is -0.143. The molecule has 2 N–H and O–H groups in total. The van der Waals surface area contributed by atoms with E-state index in [0.717, 1.165) is 6.20 Å². The molecule has 4 rings (SSSR count). The zero-order chi connectivity index (χ0) is 24.5. The Labute approximate surface area is 195 Å². The van der Waals surface area contributed by atoms with Crippen molar-refractivity contribution in [2.24, 2.45) is 0 Å². The van der Waals surface area contributed by atoms with Gasteiger partial charge in [-0.3, -0.25) is 15.2 Å². The van der Waals surface area contributed by atoms with E-state index in [0.29, 0.717) is 21.7 Å². The number of rotatable bonds is 6. The average Bonchev–Trinajstić information content (AvgIpc) is 3.46. The van der Waals surface area contributed by atoms with Gasteiger partial charge in [-0.15, -0.1) is 5.10 Å². The second kappa shape index (κ2) is 9.06. The number of carbonyl (C=O) groups excluding carboxylic acids is 1. The maximum Gasteiger partial charge on any atom is 0.434 e. The zero-order valence-corrected chi connectivity index (χ0v) is 18.4. The van der Waals surface area contributed by atoms with Crippen molar-refractivity contribution in [2.45, 2.75) is 6.18 Å². The summed E-state index contributed by atoms with van der Waals surface area (Å²) < 4.78 is 52.6. The Morgan fingerprint density at radius 2 is 1.94 bits per heavy atom. The number of aromatic nitrogens is 5. The van der Waals surface area contributed by atoms with Gasteiger partial charge in [-0.2, -0.15) is 23.3 Å². The van der Waals surface area contributed by atoms with Crippen molar-refractivity contribution in [1.82, 2.24) is 25.0 Å². The monoisotopic (exact) mass is 492 g/mol. The van der Waals surface area contributed by atoms with Gasteiger partial charge < -0.3 is 9.47 Å². The summed E-state index contributed by atoms with van der Waals surface area (Å²) in [7, 11) is 2.95. The number of halogens is 4. The molecule has 1 amide bonds. The van der Waals surface area contributed by atoms with E-state index in [-0.39, 0.29) is 22.5 Å². The third-order valence-corrected chi connectivity index (χ3v) is 4.94. The summed E-state index contributed by atoms with van der Waals surface area (Å²) in [5, 5.41) is 12.7. The third kappa shape index (κ3) is 4.53. The number of carbonyl (C=O) groups is 1. The Hall–Kier alpha value is -4.06. The fourth-order valence-corrected chi connectivity index (χ4v) is 3.38. The first-order valence-corrected chi connectivity index (χ1v) is 9.96. The molecule has 4 aromatic rings. The second-order valence-corrected chi connectivity index (χ2v) is 7.26. The molecule has 34 heavy (non-hydrogen) atoms. The van der Waals surface area contributed by atoms with Gasteiger partial charge in [0, 0.05) is 11.1 Å². The summed E-state index contributed by atoms with van der Waals surface area (Å²) in [4.78, 5) is 16.9. The molecule has 0 radical (unpaired) electrons. The first kappa shape index (κ1) is 23.1. The molecule has 0 aliphatic heterocycles. The average molecular weight is 493 g/mol. The van der Waals surface area contributed by atoms with E-state index in [1.54, 1.807) is 18.2 Å². The van der Waals surface area contributed by atoms with Crippen molar-refractivity contribution in [3.63, 3.8) is 0 Å². The number of methoxy groups -OCH3 is 2. The molecule has 0 atom stereocenters. The fourth-order valence-electron chi connectivity index (χ4n) is 3.19. The molecule has 0 bridgehead atoms. The van der Waals surface area contributed by atoms with Crippen LogP contribution in [0.1, 0.15) is 16.1 Å². The molecular weight excluding hydrogens is 477 g/mol. The lowest BCUT2D eigenvalue weighted by atomic mass is 10.2. The van der Waals surface area contributed by atoms with Gasteiger partial charge in [0.1, 0.15) is 11.5 Å². The van der Waals surface area contributed by atoms with Crippen molar-refractivity contribution in [3.05, 3.63) is 64.9 Å². The standard InChI is InChI=1S/C21H16ClF3N6O3/c1-33-13-6-7-14(16(9-13)34-2)18-27-20(30-29-18)28-19(32)15-10-26-31(17(15)21(23,24)25)12-5-3-4-11(22)8-12/h3-10H,1-2H3,(H2,27,28,29,30,32). The second-order valence-electron chi connectivity index (χ2n) is 6.82. The van der Waals surface area contributed by atoms with Gasteiger partial charge in [-0.1, -0.05) is 17.7 Å². The quantitative estimate of drug-likeness (QED) is 0.407. The lowest BCUT2D eigenvalue weighted by Gasteiger charge is -2.12. The van der Waals surface area contributed by atoms with Crippen LogP contribution in [0.5, 0.6) is 11.5 Å². The normalized spacial score (nSPS) is 11.4. The fraction of sp³-hybridized carbons (Fsp3) is 0.143. The lowest BCUT2D eigenvalue weighted by molar-refractivity contribution is -0.143. The zero-order valence-electron chi connectivity index (χ0n) is 17.6. The molecule has 0 saturated heterocycles. The summed E-state index contributed by atoms with van der Waals surface area (Å²) in [5.41, 5.74) is -1.42. The van der Waals surface area contributed by atoms with E-state index < -0.39 is 23.3 Å². The third-order valence-electron chi connectivity index (χ3n) is 4.71. The highest BCUT2D eigenvalue weighted by Gasteiger charge is 2.40. The predicted molar refractivity (Wildman–Crippen MR) is 116 cm³/mol. The van der Waals surface area contributed by atoms with Crippen LogP contribution in [-0.2, 0) is 6.18 Å². The van der Waals surface area contributed by atoms with Crippen LogP contribution in [-0.4, -0.2) is 45.1 Å². The Bertz CT molecular complexity index is 1350. The van der Waals surface area contributed by atoms with Gasteiger partial charge in [-0.05, 0) is 30.3 Å². The van der Waals surface area contributed by atoms with Gasteiger partial charge in [-0.25, -0.2) is 4.68 Å². The largest absolute Gasteiger partial charge is 0.497 e. The molecule has 0 aliphatic rings. The maximum absolute atomic E-state index is 13.9. The molecular formula is C21H16ClF3N6O3. The summed E-state index contributed by atoms with van der Waals surface area (Å²) in [6, 6.07) is 10.6. The van der Waals surface area contributed by atoms with Crippen molar-refractivity contribution in [2.75, 3.05) is 19.5 Å². The van der Waals surface area contributed by atoms with E-state index in [2.05, 4.69) is 25.6 Å². The Balaban J connectivity index is 1.64. The summed E-state index contributed by atoms with van der Waals surface area (Å²) in [6.07, 6.45) is -4.06. The van der Waals surface area contributed by atoms with Gasteiger partial charge in [0.2, 0.25) is 5.95 Å². The molecule has 0 fully saturated rings. The van der Waals surface area contributed by atoms with Crippen LogP contribution < -0.4 is 14.8 Å². The molecule has 0 aliphatic carbocycles.